The number of rotatable bonds is 4. The van der Waals surface area contributed by atoms with Crippen molar-refractivity contribution in [2.75, 3.05) is 23.8 Å². The molecule has 112 valence electrons. The number of nitrogens with zero attached hydrogens (tertiary/aromatic N) is 2. The molecular weight excluding hydrogens is 276 g/mol. The normalized spacial score (nSPS) is 10.6. The molecule has 0 saturated heterocycles. The van der Waals surface area contributed by atoms with Crippen molar-refractivity contribution in [3.05, 3.63) is 54.2 Å². The summed E-state index contributed by atoms with van der Waals surface area (Å²) in [6.45, 7) is 2.99. The number of anilines is 2. The van der Waals surface area contributed by atoms with E-state index in [1.807, 2.05) is 55.6 Å². The molecule has 1 amide bonds. The Balaban J connectivity index is 1.85. The van der Waals surface area contributed by atoms with Crippen LogP contribution in [-0.2, 0) is 0 Å². The summed E-state index contributed by atoms with van der Waals surface area (Å²) in [4.78, 5) is 14.5. The quantitative estimate of drug-likeness (QED) is 0.776. The topological polar surface area (TPSA) is 61.0 Å². The molecule has 0 unspecified atom stereocenters. The number of amides is 1. The molecule has 0 spiro atoms. The summed E-state index contributed by atoms with van der Waals surface area (Å²) in [6.07, 6.45) is 0. The third kappa shape index (κ3) is 2.65. The van der Waals surface area contributed by atoms with E-state index in [-0.39, 0.29) is 5.91 Å². The van der Waals surface area contributed by atoms with Crippen LogP contribution in [0.4, 0.5) is 11.4 Å². The van der Waals surface area contributed by atoms with Crippen molar-refractivity contribution in [3.63, 3.8) is 0 Å². The van der Waals surface area contributed by atoms with Crippen molar-refractivity contribution in [2.24, 2.45) is 0 Å². The van der Waals surface area contributed by atoms with E-state index in [1.165, 1.54) is 0 Å². The lowest BCUT2D eigenvalue weighted by Gasteiger charge is -2.17. The second-order valence-electron chi connectivity index (χ2n) is 5.14. The van der Waals surface area contributed by atoms with Gasteiger partial charge in [0.1, 0.15) is 0 Å². The summed E-state index contributed by atoms with van der Waals surface area (Å²) in [5.41, 5.74) is 3.08. The first-order valence-corrected chi connectivity index (χ1v) is 7.24. The zero-order chi connectivity index (χ0) is 15.5. The fourth-order valence-electron chi connectivity index (χ4n) is 2.33. The van der Waals surface area contributed by atoms with Gasteiger partial charge < -0.3 is 10.2 Å². The number of para-hydroxylation sites is 1. The summed E-state index contributed by atoms with van der Waals surface area (Å²) in [5.74, 6) is -0.214. The number of carbonyl (C=O) groups excluding carboxylic acids is 1. The average molecular weight is 294 g/mol. The van der Waals surface area contributed by atoms with Gasteiger partial charge in [-0.25, -0.2) is 0 Å². The molecule has 0 aliphatic carbocycles. The lowest BCUT2D eigenvalue weighted by molar-refractivity contribution is 0.102. The van der Waals surface area contributed by atoms with Gasteiger partial charge in [-0.3, -0.25) is 9.89 Å². The minimum Gasteiger partial charge on any atom is -0.375 e. The highest BCUT2D eigenvalue weighted by Crippen LogP contribution is 2.20. The lowest BCUT2D eigenvalue weighted by Crippen LogP contribution is -2.17. The van der Waals surface area contributed by atoms with Crippen LogP contribution in [0.2, 0.25) is 0 Å². The van der Waals surface area contributed by atoms with Crippen LogP contribution in [0.5, 0.6) is 0 Å². The maximum atomic E-state index is 12.4. The molecule has 0 atom stereocenters. The van der Waals surface area contributed by atoms with Crippen molar-refractivity contribution < 1.29 is 4.79 Å². The lowest BCUT2D eigenvalue weighted by atomic mass is 10.2. The smallest absolute Gasteiger partial charge is 0.276 e. The summed E-state index contributed by atoms with van der Waals surface area (Å²) in [6, 6.07) is 15.4. The highest BCUT2D eigenvalue weighted by atomic mass is 16.1. The maximum Gasteiger partial charge on any atom is 0.276 e. The second-order valence-corrected chi connectivity index (χ2v) is 5.14. The van der Waals surface area contributed by atoms with E-state index in [2.05, 4.69) is 27.3 Å². The molecule has 2 N–H and O–H groups in total. The molecule has 0 aliphatic rings. The predicted octanol–water partition coefficient (Wildman–Crippen LogP) is 3.27. The Labute approximate surface area is 128 Å². The van der Waals surface area contributed by atoms with Gasteiger partial charge in [-0.05, 0) is 31.2 Å². The van der Waals surface area contributed by atoms with Crippen molar-refractivity contribution in [3.8, 4) is 0 Å². The van der Waals surface area contributed by atoms with E-state index >= 15 is 0 Å². The first kappa shape index (κ1) is 14.1. The standard InChI is InChI=1S/C17H18N4O/c1-3-21(2)13-8-6-7-12(11-13)18-17(22)16-14-9-4-5-10-15(14)19-20-16/h4-11H,3H2,1-2H3,(H,18,22)(H,19,20). The second kappa shape index (κ2) is 5.89. The molecule has 22 heavy (non-hydrogen) atoms. The Bertz CT molecular complexity index is 809. The third-order valence-corrected chi connectivity index (χ3v) is 3.70. The molecule has 1 heterocycles. The number of hydrogen-bond acceptors (Lipinski definition) is 3. The number of nitrogens with one attached hydrogen (secondary N) is 2. The number of benzene rings is 2. The predicted molar refractivity (Wildman–Crippen MR) is 89.4 cm³/mol. The van der Waals surface area contributed by atoms with Gasteiger partial charge in [0, 0.05) is 30.4 Å². The summed E-state index contributed by atoms with van der Waals surface area (Å²) in [7, 11) is 2.02. The minimum atomic E-state index is -0.214. The van der Waals surface area contributed by atoms with Gasteiger partial charge in [-0.15, -0.1) is 0 Å². The molecule has 0 saturated carbocycles. The third-order valence-electron chi connectivity index (χ3n) is 3.70. The molecule has 0 fully saturated rings. The molecule has 0 aliphatic heterocycles. The largest absolute Gasteiger partial charge is 0.375 e. The van der Waals surface area contributed by atoms with Crippen molar-refractivity contribution >= 4 is 28.2 Å². The van der Waals surface area contributed by atoms with Crippen LogP contribution < -0.4 is 10.2 Å². The summed E-state index contributed by atoms with van der Waals surface area (Å²) in [5, 5.41) is 10.7. The van der Waals surface area contributed by atoms with Gasteiger partial charge in [0.25, 0.3) is 5.91 Å². The first-order chi connectivity index (χ1) is 10.7. The minimum absolute atomic E-state index is 0.214. The molecular formula is C17H18N4O. The highest BCUT2D eigenvalue weighted by Gasteiger charge is 2.14. The Morgan fingerprint density at radius 3 is 2.86 bits per heavy atom. The van der Waals surface area contributed by atoms with E-state index in [0.717, 1.165) is 28.8 Å². The van der Waals surface area contributed by atoms with E-state index < -0.39 is 0 Å². The Morgan fingerprint density at radius 1 is 1.23 bits per heavy atom. The van der Waals surface area contributed by atoms with Gasteiger partial charge in [-0.2, -0.15) is 5.10 Å². The van der Waals surface area contributed by atoms with Crippen molar-refractivity contribution in [1.82, 2.24) is 10.2 Å². The molecule has 0 radical (unpaired) electrons. The van der Waals surface area contributed by atoms with Gasteiger partial charge in [0.05, 0.1) is 5.52 Å². The van der Waals surface area contributed by atoms with E-state index in [0.29, 0.717) is 5.69 Å². The van der Waals surface area contributed by atoms with E-state index in [1.54, 1.807) is 0 Å². The SMILES string of the molecule is CCN(C)c1cccc(NC(=O)c2n[nH]c3ccccc23)c1. The molecule has 3 aromatic rings. The Morgan fingerprint density at radius 2 is 2.05 bits per heavy atom. The van der Waals surface area contributed by atoms with Crippen LogP contribution in [0.3, 0.4) is 0 Å². The summed E-state index contributed by atoms with van der Waals surface area (Å²) < 4.78 is 0. The fourth-order valence-corrected chi connectivity index (χ4v) is 2.33. The number of aromatic nitrogens is 2. The number of aromatic amines is 1. The van der Waals surface area contributed by atoms with Gasteiger partial charge in [0.15, 0.2) is 5.69 Å². The molecule has 5 nitrogen and oxygen atoms in total. The highest BCUT2D eigenvalue weighted by molar-refractivity contribution is 6.11. The van der Waals surface area contributed by atoms with Crippen LogP contribution >= 0.6 is 0 Å². The van der Waals surface area contributed by atoms with Gasteiger partial charge >= 0.3 is 0 Å². The maximum absolute atomic E-state index is 12.4. The zero-order valence-electron chi connectivity index (χ0n) is 12.6. The fraction of sp³-hybridized carbons (Fsp3) is 0.176. The van der Waals surface area contributed by atoms with E-state index in [4.69, 9.17) is 0 Å². The van der Waals surface area contributed by atoms with E-state index in [9.17, 15) is 4.79 Å². The number of carbonyl (C=O) groups is 1. The number of fused-ring (bicyclic) bond motifs is 1. The number of hydrogen-bond donors (Lipinski definition) is 2. The van der Waals surface area contributed by atoms with Crippen molar-refractivity contribution in [1.29, 1.82) is 0 Å². The van der Waals surface area contributed by atoms with Gasteiger partial charge in [0.2, 0.25) is 0 Å². The van der Waals surface area contributed by atoms with Crippen LogP contribution in [-0.4, -0.2) is 29.7 Å². The molecule has 5 heteroatoms. The first-order valence-electron chi connectivity index (χ1n) is 7.24. The number of H-pyrrole nitrogens is 1. The average Bonchev–Trinajstić information content (AvgIpc) is 2.98. The Kier molecular flexibility index (Phi) is 3.78. The zero-order valence-corrected chi connectivity index (χ0v) is 12.6. The molecule has 1 aromatic heterocycles. The molecule has 2 aromatic carbocycles. The van der Waals surface area contributed by atoms with Crippen LogP contribution in [0.1, 0.15) is 17.4 Å². The summed E-state index contributed by atoms with van der Waals surface area (Å²) >= 11 is 0. The molecule has 0 bridgehead atoms. The molecule has 3 rings (SSSR count). The monoisotopic (exact) mass is 294 g/mol. The van der Waals surface area contributed by atoms with Crippen LogP contribution in [0.25, 0.3) is 10.9 Å². The van der Waals surface area contributed by atoms with Crippen LogP contribution in [0.15, 0.2) is 48.5 Å². The van der Waals surface area contributed by atoms with Crippen molar-refractivity contribution in [2.45, 2.75) is 6.92 Å². The van der Waals surface area contributed by atoms with Gasteiger partial charge in [-0.1, -0.05) is 24.3 Å². The van der Waals surface area contributed by atoms with Crippen LogP contribution in [0, 0.1) is 0 Å². The Hall–Kier alpha value is -2.82.